The van der Waals surface area contributed by atoms with Crippen LogP contribution in [-0.2, 0) is 22.5 Å². The lowest BCUT2D eigenvalue weighted by atomic mass is 10.1. The molecule has 0 unspecified atom stereocenters. The zero-order chi connectivity index (χ0) is 17.4. The molecule has 0 saturated carbocycles. The third-order valence-corrected chi connectivity index (χ3v) is 3.66. The maximum absolute atomic E-state index is 12.6. The van der Waals surface area contributed by atoms with Crippen molar-refractivity contribution in [2.75, 3.05) is 20.3 Å². The summed E-state index contributed by atoms with van der Waals surface area (Å²) in [7, 11) is 1.58. The summed E-state index contributed by atoms with van der Waals surface area (Å²) < 4.78 is 5.07. The summed E-state index contributed by atoms with van der Waals surface area (Å²) in [6, 6.07) is 16.0. The number of carbonyl (C=O) groups is 1. The smallest absolute Gasteiger partial charge is 0.273 e. The van der Waals surface area contributed by atoms with Gasteiger partial charge in [0.2, 0.25) is 5.91 Å². The number of hydrogen-bond donors (Lipinski definition) is 0. The number of amides is 1. The number of methoxy groups -OCH3 is 1. The highest BCUT2D eigenvalue weighted by Gasteiger charge is 2.19. The number of para-hydroxylation sites is 1. The lowest BCUT2D eigenvalue weighted by Gasteiger charge is -2.22. The fourth-order valence-corrected chi connectivity index (χ4v) is 2.41. The van der Waals surface area contributed by atoms with E-state index in [1.807, 2.05) is 30.3 Å². The lowest BCUT2D eigenvalue weighted by Crippen LogP contribution is -2.34. The lowest BCUT2D eigenvalue weighted by molar-refractivity contribution is -0.385. The molecule has 24 heavy (non-hydrogen) atoms. The van der Waals surface area contributed by atoms with Gasteiger partial charge in [0, 0.05) is 31.8 Å². The normalized spacial score (nSPS) is 10.4. The standard InChI is InChI=1S/C18H20N2O4/c1-24-12-11-19(14-15-7-3-2-4-8-15)18(21)13-16-9-5-6-10-17(16)20(22)23/h2-10H,11-14H2,1H3. The molecule has 0 radical (unpaired) electrons. The zero-order valence-electron chi connectivity index (χ0n) is 13.6. The van der Waals surface area contributed by atoms with Crippen LogP contribution in [0.3, 0.4) is 0 Å². The second-order valence-electron chi connectivity index (χ2n) is 5.36. The van der Waals surface area contributed by atoms with Gasteiger partial charge in [-0.05, 0) is 5.56 Å². The van der Waals surface area contributed by atoms with Gasteiger partial charge in [-0.1, -0.05) is 48.5 Å². The topological polar surface area (TPSA) is 72.7 Å². The molecule has 0 aliphatic rings. The van der Waals surface area contributed by atoms with Crippen molar-refractivity contribution in [3.05, 3.63) is 75.8 Å². The van der Waals surface area contributed by atoms with Crippen LogP contribution in [0.25, 0.3) is 0 Å². The molecule has 2 aromatic rings. The van der Waals surface area contributed by atoms with Crippen molar-refractivity contribution in [2.24, 2.45) is 0 Å². The molecule has 0 aliphatic heterocycles. The maximum atomic E-state index is 12.6. The third kappa shape index (κ3) is 4.89. The summed E-state index contributed by atoms with van der Waals surface area (Å²) in [5.74, 6) is -0.162. The Balaban J connectivity index is 2.14. The first kappa shape index (κ1) is 17.6. The van der Waals surface area contributed by atoms with Gasteiger partial charge in [-0.3, -0.25) is 14.9 Å². The van der Waals surface area contributed by atoms with Crippen LogP contribution in [0.15, 0.2) is 54.6 Å². The van der Waals surface area contributed by atoms with Crippen LogP contribution >= 0.6 is 0 Å². The number of ether oxygens (including phenoxy) is 1. The number of nitro groups is 1. The minimum absolute atomic E-state index is 0.00625. The summed E-state index contributed by atoms with van der Waals surface area (Å²) >= 11 is 0. The Kier molecular flexibility index (Phi) is 6.45. The average molecular weight is 328 g/mol. The summed E-state index contributed by atoms with van der Waals surface area (Å²) in [5, 5.41) is 11.1. The van der Waals surface area contributed by atoms with E-state index in [1.54, 1.807) is 30.2 Å². The number of rotatable bonds is 8. The Morgan fingerprint density at radius 2 is 1.79 bits per heavy atom. The number of nitrogens with zero attached hydrogens (tertiary/aromatic N) is 2. The van der Waals surface area contributed by atoms with Crippen molar-refractivity contribution in [3.63, 3.8) is 0 Å². The van der Waals surface area contributed by atoms with Crippen LogP contribution in [0, 0.1) is 10.1 Å². The number of nitro benzene ring substituents is 1. The van der Waals surface area contributed by atoms with Gasteiger partial charge in [-0.2, -0.15) is 0 Å². The van der Waals surface area contributed by atoms with Crippen LogP contribution in [0.4, 0.5) is 5.69 Å². The van der Waals surface area contributed by atoms with Crippen molar-refractivity contribution in [3.8, 4) is 0 Å². The number of carbonyl (C=O) groups excluding carboxylic acids is 1. The van der Waals surface area contributed by atoms with Gasteiger partial charge in [0.05, 0.1) is 18.0 Å². The second-order valence-corrected chi connectivity index (χ2v) is 5.36. The molecule has 0 spiro atoms. The van der Waals surface area contributed by atoms with Crippen molar-refractivity contribution in [1.82, 2.24) is 4.90 Å². The van der Waals surface area contributed by atoms with Gasteiger partial charge in [-0.25, -0.2) is 0 Å². The summed E-state index contributed by atoms with van der Waals surface area (Å²) in [5.41, 5.74) is 1.39. The fourth-order valence-electron chi connectivity index (χ4n) is 2.41. The van der Waals surface area contributed by atoms with Gasteiger partial charge in [0.25, 0.3) is 5.69 Å². The predicted octanol–water partition coefficient (Wildman–Crippen LogP) is 2.81. The second kappa shape index (κ2) is 8.79. The Morgan fingerprint density at radius 3 is 2.46 bits per heavy atom. The molecule has 126 valence electrons. The largest absolute Gasteiger partial charge is 0.383 e. The predicted molar refractivity (Wildman–Crippen MR) is 90.5 cm³/mol. The van der Waals surface area contributed by atoms with E-state index in [0.717, 1.165) is 5.56 Å². The molecule has 6 nitrogen and oxygen atoms in total. The van der Waals surface area contributed by atoms with Crippen molar-refractivity contribution < 1.29 is 14.5 Å². The SMILES string of the molecule is COCCN(Cc1ccccc1)C(=O)Cc1ccccc1[N+](=O)[O-]. The van der Waals surface area contributed by atoms with Crippen LogP contribution in [0.1, 0.15) is 11.1 Å². The quantitative estimate of drug-likeness (QED) is 0.552. The Morgan fingerprint density at radius 1 is 1.12 bits per heavy atom. The van der Waals surface area contributed by atoms with Crippen molar-refractivity contribution in [1.29, 1.82) is 0 Å². The van der Waals surface area contributed by atoms with E-state index in [2.05, 4.69) is 0 Å². The maximum Gasteiger partial charge on any atom is 0.273 e. The van der Waals surface area contributed by atoms with Crippen LogP contribution < -0.4 is 0 Å². The van der Waals surface area contributed by atoms with E-state index < -0.39 is 4.92 Å². The molecule has 0 N–H and O–H groups in total. The molecule has 0 atom stereocenters. The average Bonchev–Trinajstić information content (AvgIpc) is 2.59. The highest BCUT2D eigenvalue weighted by molar-refractivity contribution is 5.80. The Hall–Kier alpha value is -2.73. The molecule has 0 aliphatic carbocycles. The monoisotopic (exact) mass is 328 g/mol. The molecule has 0 saturated heterocycles. The summed E-state index contributed by atoms with van der Waals surface area (Å²) in [4.78, 5) is 24.9. The number of benzene rings is 2. The van der Waals surface area contributed by atoms with E-state index in [-0.39, 0.29) is 18.0 Å². The van der Waals surface area contributed by atoms with E-state index >= 15 is 0 Å². The molecule has 6 heteroatoms. The molecule has 0 bridgehead atoms. The van der Waals surface area contributed by atoms with Gasteiger partial charge >= 0.3 is 0 Å². The molecular weight excluding hydrogens is 308 g/mol. The van der Waals surface area contributed by atoms with Crippen LogP contribution in [0.2, 0.25) is 0 Å². The molecule has 1 amide bonds. The summed E-state index contributed by atoms with van der Waals surface area (Å²) in [6.45, 7) is 1.30. The zero-order valence-corrected chi connectivity index (χ0v) is 13.6. The van der Waals surface area contributed by atoms with Crippen LogP contribution in [-0.4, -0.2) is 36.0 Å². The van der Waals surface area contributed by atoms with Crippen LogP contribution in [0.5, 0.6) is 0 Å². The molecular formula is C18H20N2O4. The first-order chi connectivity index (χ1) is 11.6. The van der Waals surface area contributed by atoms with E-state index in [9.17, 15) is 14.9 Å². The van der Waals surface area contributed by atoms with E-state index in [4.69, 9.17) is 4.74 Å². The molecule has 2 aromatic carbocycles. The highest BCUT2D eigenvalue weighted by Crippen LogP contribution is 2.19. The number of hydrogen-bond acceptors (Lipinski definition) is 4. The first-order valence-electron chi connectivity index (χ1n) is 7.64. The van der Waals surface area contributed by atoms with Crippen molar-refractivity contribution in [2.45, 2.75) is 13.0 Å². The van der Waals surface area contributed by atoms with Gasteiger partial charge in [0.1, 0.15) is 0 Å². The first-order valence-corrected chi connectivity index (χ1v) is 7.64. The van der Waals surface area contributed by atoms with Gasteiger partial charge < -0.3 is 9.64 Å². The van der Waals surface area contributed by atoms with Crippen molar-refractivity contribution >= 4 is 11.6 Å². The Labute approximate surface area is 140 Å². The molecule has 0 aromatic heterocycles. The van der Waals surface area contributed by atoms with E-state index in [0.29, 0.717) is 25.3 Å². The minimum Gasteiger partial charge on any atom is -0.383 e. The fraction of sp³-hybridized carbons (Fsp3) is 0.278. The molecule has 0 fully saturated rings. The Bertz CT molecular complexity index is 688. The molecule has 0 heterocycles. The van der Waals surface area contributed by atoms with Gasteiger partial charge in [0.15, 0.2) is 0 Å². The van der Waals surface area contributed by atoms with E-state index in [1.165, 1.54) is 6.07 Å². The third-order valence-electron chi connectivity index (χ3n) is 3.66. The molecule has 2 rings (SSSR count). The summed E-state index contributed by atoms with van der Waals surface area (Å²) in [6.07, 6.45) is -0.00625. The minimum atomic E-state index is -0.459. The highest BCUT2D eigenvalue weighted by atomic mass is 16.6. The van der Waals surface area contributed by atoms with Gasteiger partial charge in [-0.15, -0.1) is 0 Å².